The van der Waals surface area contributed by atoms with Crippen molar-refractivity contribution in [2.24, 2.45) is 11.8 Å². The maximum Gasteiger partial charge on any atom is 0.306 e. The molecule has 0 aromatic heterocycles. The third-order valence-corrected chi connectivity index (χ3v) is 15.0. The van der Waals surface area contributed by atoms with E-state index in [1.165, 1.54) is 257 Å². The Morgan fingerprint density at radius 2 is 0.465 bits per heavy atom. The average Bonchev–Trinajstić information content (AvgIpc) is 3.35. The van der Waals surface area contributed by atoms with Gasteiger partial charge in [0.1, 0.15) is 13.2 Å². The van der Waals surface area contributed by atoms with Crippen LogP contribution in [-0.4, -0.2) is 37.2 Å². The summed E-state index contributed by atoms with van der Waals surface area (Å²) in [4.78, 5) is 38.3. The minimum Gasteiger partial charge on any atom is -0.462 e. The first-order chi connectivity index (χ1) is 34.7. The Hall–Kier alpha value is -1.59. The number of hydrogen-bond donors (Lipinski definition) is 0. The zero-order valence-corrected chi connectivity index (χ0v) is 48.9. The number of carbonyl (C=O) groups excluding carboxylic acids is 3. The van der Waals surface area contributed by atoms with Crippen LogP contribution in [0.2, 0.25) is 0 Å². The summed E-state index contributed by atoms with van der Waals surface area (Å²) in [6, 6.07) is 0. The lowest BCUT2D eigenvalue weighted by Crippen LogP contribution is -2.30. The zero-order chi connectivity index (χ0) is 51.8. The molecule has 0 bridgehead atoms. The molecular formula is C65H126O6. The summed E-state index contributed by atoms with van der Waals surface area (Å²) >= 11 is 0. The molecule has 422 valence electrons. The average molecular weight is 1000 g/mol. The number of rotatable bonds is 59. The molecule has 6 heteroatoms. The Morgan fingerprint density at radius 3 is 0.690 bits per heavy atom. The molecule has 0 N–H and O–H groups in total. The molecule has 0 saturated carbocycles. The van der Waals surface area contributed by atoms with Crippen molar-refractivity contribution < 1.29 is 28.6 Å². The molecule has 0 heterocycles. The summed E-state index contributed by atoms with van der Waals surface area (Å²) in [6.07, 6.45) is 63.9. The van der Waals surface area contributed by atoms with Gasteiger partial charge in [0.05, 0.1) is 0 Å². The van der Waals surface area contributed by atoms with Gasteiger partial charge in [0.15, 0.2) is 6.10 Å². The normalized spacial score (nSPS) is 12.0. The van der Waals surface area contributed by atoms with Crippen LogP contribution in [0.4, 0.5) is 0 Å². The lowest BCUT2D eigenvalue weighted by atomic mass is 10.0. The van der Waals surface area contributed by atoms with Crippen LogP contribution < -0.4 is 0 Å². The van der Waals surface area contributed by atoms with Crippen LogP contribution in [0, 0.1) is 11.8 Å². The van der Waals surface area contributed by atoms with Gasteiger partial charge in [-0.05, 0) is 31.1 Å². The minimum atomic E-state index is -0.763. The van der Waals surface area contributed by atoms with Gasteiger partial charge in [-0.2, -0.15) is 0 Å². The molecule has 71 heavy (non-hydrogen) atoms. The van der Waals surface area contributed by atoms with E-state index in [-0.39, 0.29) is 31.1 Å². The smallest absolute Gasteiger partial charge is 0.306 e. The van der Waals surface area contributed by atoms with E-state index in [9.17, 15) is 14.4 Å². The fourth-order valence-electron chi connectivity index (χ4n) is 10.1. The monoisotopic (exact) mass is 1000 g/mol. The highest BCUT2D eigenvalue weighted by Gasteiger charge is 2.19. The molecule has 0 amide bonds. The van der Waals surface area contributed by atoms with Crippen LogP contribution in [0.5, 0.6) is 0 Å². The highest BCUT2D eigenvalue weighted by molar-refractivity contribution is 5.71. The summed E-state index contributed by atoms with van der Waals surface area (Å²) in [5.74, 6) is 0.877. The molecule has 0 aromatic rings. The molecule has 0 spiro atoms. The van der Waals surface area contributed by atoms with E-state index in [1.807, 2.05) is 0 Å². The summed E-state index contributed by atoms with van der Waals surface area (Å²) in [6.45, 7) is 11.5. The third-order valence-electron chi connectivity index (χ3n) is 15.0. The van der Waals surface area contributed by atoms with Gasteiger partial charge in [-0.1, -0.05) is 330 Å². The predicted molar refractivity (Wildman–Crippen MR) is 307 cm³/mol. The molecule has 0 aliphatic carbocycles. The quantitative estimate of drug-likeness (QED) is 0.0343. The lowest BCUT2D eigenvalue weighted by molar-refractivity contribution is -0.167. The van der Waals surface area contributed by atoms with Crippen molar-refractivity contribution in [2.75, 3.05) is 13.2 Å². The van der Waals surface area contributed by atoms with Gasteiger partial charge in [-0.15, -0.1) is 0 Å². The van der Waals surface area contributed by atoms with Crippen molar-refractivity contribution >= 4 is 17.9 Å². The topological polar surface area (TPSA) is 78.9 Å². The molecule has 0 fully saturated rings. The second-order valence-electron chi connectivity index (χ2n) is 23.4. The van der Waals surface area contributed by atoms with E-state index >= 15 is 0 Å². The molecule has 0 aliphatic rings. The molecule has 0 saturated heterocycles. The van der Waals surface area contributed by atoms with Gasteiger partial charge in [-0.25, -0.2) is 0 Å². The number of carbonyl (C=O) groups is 3. The first kappa shape index (κ1) is 69.4. The van der Waals surface area contributed by atoms with Crippen LogP contribution in [0.15, 0.2) is 0 Å². The summed E-state index contributed by atoms with van der Waals surface area (Å²) in [5, 5.41) is 0. The van der Waals surface area contributed by atoms with Crippen LogP contribution >= 0.6 is 0 Å². The molecule has 0 radical (unpaired) electrons. The maximum absolute atomic E-state index is 12.9. The summed E-state index contributed by atoms with van der Waals surface area (Å²) in [5.41, 5.74) is 0. The fraction of sp³-hybridized carbons (Fsp3) is 0.954. The van der Waals surface area contributed by atoms with Crippen molar-refractivity contribution in [1.29, 1.82) is 0 Å². The first-order valence-electron chi connectivity index (χ1n) is 32.2. The Morgan fingerprint density at radius 1 is 0.268 bits per heavy atom. The Bertz CT molecular complexity index is 1090. The van der Waals surface area contributed by atoms with Crippen molar-refractivity contribution in [1.82, 2.24) is 0 Å². The van der Waals surface area contributed by atoms with Crippen LogP contribution in [-0.2, 0) is 28.6 Å². The first-order valence-corrected chi connectivity index (χ1v) is 32.2. The molecular weight excluding hydrogens is 877 g/mol. The van der Waals surface area contributed by atoms with E-state index in [0.717, 1.165) is 69.6 Å². The van der Waals surface area contributed by atoms with E-state index in [4.69, 9.17) is 14.2 Å². The van der Waals surface area contributed by atoms with Crippen molar-refractivity contribution in [3.8, 4) is 0 Å². The Kier molecular flexibility index (Phi) is 56.4. The Balaban J connectivity index is 4.26. The van der Waals surface area contributed by atoms with Crippen molar-refractivity contribution in [3.63, 3.8) is 0 Å². The highest BCUT2D eigenvalue weighted by Crippen LogP contribution is 2.19. The molecule has 0 unspecified atom stereocenters. The molecule has 1 atom stereocenters. The fourth-order valence-corrected chi connectivity index (χ4v) is 10.1. The summed E-state index contributed by atoms with van der Waals surface area (Å²) in [7, 11) is 0. The molecule has 6 nitrogen and oxygen atoms in total. The standard InChI is InChI=1S/C65H126O6/c1-6-7-8-9-10-11-12-13-25-30-35-40-45-50-55-63(66)69-58-62(71-65(68)57-52-47-42-37-32-27-22-18-20-24-29-34-39-44-49-54-61(4)5)59-70-64(67)56-51-46-41-36-31-26-21-17-15-14-16-19-23-28-33-38-43-48-53-60(2)3/h60-62H,6-59H2,1-5H3/t62-/m0/s1. The van der Waals surface area contributed by atoms with Crippen molar-refractivity contribution in [3.05, 3.63) is 0 Å². The van der Waals surface area contributed by atoms with E-state index < -0.39 is 6.10 Å². The third kappa shape index (κ3) is 59.2. The van der Waals surface area contributed by atoms with Crippen LogP contribution in [0.25, 0.3) is 0 Å². The Labute approximate surface area is 444 Å². The van der Waals surface area contributed by atoms with Crippen LogP contribution in [0.3, 0.4) is 0 Å². The molecule has 0 aromatic carbocycles. The van der Waals surface area contributed by atoms with Gasteiger partial charge in [0, 0.05) is 19.3 Å². The summed E-state index contributed by atoms with van der Waals surface area (Å²) < 4.78 is 17.0. The predicted octanol–water partition coefficient (Wildman–Crippen LogP) is 21.6. The highest BCUT2D eigenvalue weighted by atomic mass is 16.6. The van der Waals surface area contributed by atoms with Gasteiger partial charge in [0.25, 0.3) is 0 Å². The van der Waals surface area contributed by atoms with E-state index in [1.54, 1.807) is 0 Å². The van der Waals surface area contributed by atoms with Crippen LogP contribution in [0.1, 0.15) is 369 Å². The number of esters is 3. The van der Waals surface area contributed by atoms with Gasteiger partial charge < -0.3 is 14.2 Å². The van der Waals surface area contributed by atoms with Gasteiger partial charge in [0.2, 0.25) is 0 Å². The zero-order valence-electron chi connectivity index (χ0n) is 48.9. The number of ether oxygens (including phenoxy) is 3. The number of unbranched alkanes of at least 4 members (excludes halogenated alkanes) is 44. The molecule has 0 rings (SSSR count). The second-order valence-corrected chi connectivity index (χ2v) is 23.4. The largest absolute Gasteiger partial charge is 0.462 e. The van der Waals surface area contributed by atoms with E-state index in [2.05, 4.69) is 34.6 Å². The maximum atomic E-state index is 12.9. The molecule has 0 aliphatic heterocycles. The lowest BCUT2D eigenvalue weighted by Gasteiger charge is -2.18. The minimum absolute atomic E-state index is 0.0617. The van der Waals surface area contributed by atoms with E-state index in [0.29, 0.717) is 19.3 Å². The SMILES string of the molecule is CCCCCCCCCCCCCCCCC(=O)OC[C@@H](COC(=O)CCCCCCCCCCCCCCCCCCCCC(C)C)OC(=O)CCCCCCCCCCCCCCCCCC(C)C. The van der Waals surface area contributed by atoms with Gasteiger partial charge >= 0.3 is 17.9 Å². The second kappa shape index (κ2) is 57.7. The van der Waals surface area contributed by atoms with Gasteiger partial charge in [-0.3, -0.25) is 14.4 Å². The number of hydrogen-bond acceptors (Lipinski definition) is 6. The van der Waals surface area contributed by atoms with Crippen molar-refractivity contribution in [2.45, 2.75) is 375 Å².